The lowest BCUT2D eigenvalue weighted by Crippen LogP contribution is -2.55. The number of aromatic nitrogens is 1. The third kappa shape index (κ3) is 2.43. The standard InChI is InChI=1S/C14H23N3O/c1-10-5-4-8-14(15,9-10)13(18)16-17-11(2)6-7-12(17)3/h6-7,10H,4-5,8-9,15H2,1-3H3,(H,16,18). The van der Waals surface area contributed by atoms with Gasteiger partial charge in [-0.15, -0.1) is 0 Å². The minimum absolute atomic E-state index is 0.0588. The fourth-order valence-electron chi connectivity index (χ4n) is 2.86. The van der Waals surface area contributed by atoms with Gasteiger partial charge in [0.1, 0.15) is 0 Å². The minimum Gasteiger partial charge on any atom is -0.317 e. The second-order valence-corrected chi connectivity index (χ2v) is 5.75. The summed E-state index contributed by atoms with van der Waals surface area (Å²) in [7, 11) is 0. The van der Waals surface area contributed by atoms with E-state index in [2.05, 4.69) is 12.3 Å². The van der Waals surface area contributed by atoms with Crippen molar-refractivity contribution in [2.24, 2.45) is 11.7 Å². The number of nitrogens with one attached hydrogen (secondary N) is 1. The Morgan fingerprint density at radius 3 is 2.61 bits per heavy atom. The van der Waals surface area contributed by atoms with Crippen molar-refractivity contribution in [2.75, 3.05) is 5.43 Å². The molecule has 1 saturated carbocycles. The molecule has 1 aromatic rings. The van der Waals surface area contributed by atoms with Crippen LogP contribution in [-0.4, -0.2) is 16.1 Å². The predicted molar refractivity (Wildman–Crippen MR) is 72.8 cm³/mol. The van der Waals surface area contributed by atoms with Crippen LogP contribution >= 0.6 is 0 Å². The molecule has 18 heavy (non-hydrogen) atoms. The quantitative estimate of drug-likeness (QED) is 0.843. The van der Waals surface area contributed by atoms with Crippen molar-refractivity contribution >= 4 is 5.91 Å². The number of nitrogens with zero attached hydrogens (tertiary/aromatic N) is 1. The highest BCUT2D eigenvalue weighted by Crippen LogP contribution is 2.30. The first-order chi connectivity index (χ1) is 8.42. The van der Waals surface area contributed by atoms with Crippen molar-refractivity contribution in [1.29, 1.82) is 0 Å². The van der Waals surface area contributed by atoms with Crippen LogP contribution in [0, 0.1) is 19.8 Å². The van der Waals surface area contributed by atoms with Crippen molar-refractivity contribution in [1.82, 2.24) is 4.68 Å². The molecule has 1 heterocycles. The fourth-order valence-corrected chi connectivity index (χ4v) is 2.86. The zero-order valence-corrected chi connectivity index (χ0v) is 11.5. The number of carbonyl (C=O) groups excluding carboxylic acids is 1. The molecule has 0 saturated heterocycles. The van der Waals surface area contributed by atoms with Crippen molar-refractivity contribution in [3.63, 3.8) is 0 Å². The summed E-state index contributed by atoms with van der Waals surface area (Å²) in [5.41, 5.74) is 10.6. The molecule has 1 fully saturated rings. The lowest BCUT2D eigenvalue weighted by Gasteiger charge is -2.35. The number of hydrogen-bond acceptors (Lipinski definition) is 2. The van der Waals surface area contributed by atoms with Gasteiger partial charge in [-0.05, 0) is 44.7 Å². The zero-order valence-electron chi connectivity index (χ0n) is 11.5. The Balaban J connectivity index is 2.12. The number of aryl methyl sites for hydroxylation is 2. The largest absolute Gasteiger partial charge is 0.317 e. The Hall–Kier alpha value is -1.29. The molecule has 1 aromatic heterocycles. The smallest absolute Gasteiger partial charge is 0.258 e. The van der Waals surface area contributed by atoms with Gasteiger partial charge in [0.2, 0.25) is 0 Å². The Bertz CT molecular complexity index is 432. The van der Waals surface area contributed by atoms with E-state index in [0.29, 0.717) is 5.92 Å². The van der Waals surface area contributed by atoms with Crippen molar-refractivity contribution in [3.8, 4) is 0 Å². The molecule has 100 valence electrons. The number of rotatable bonds is 2. The van der Waals surface area contributed by atoms with Gasteiger partial charge >= 0.3 is 0 Å². The predicted octanol–water partition coefficient (Wildman–Crippen LogP) is 2.08. The Morgan fingerprint density at radius 2 is 2.06 bits per heavy atom. The van der Waals surface area contributed by atoms with Crippen LogP contribution in [0.3, 0.4) is 0 Å². The molecule has 1 aliphatic carbocycles. The topological polar surface area (TPSA) is 60.0 Å². The first-order valence-corrected chi connectivity index (χ1v) is 6.68. The lowest BCUT2D eigenvalue weighted by atomic mass is 9.76. The van der Waals surface area contributed by atoms with Crippen LogP contribution in [0.2, 0.25) is 0 Å². The van der Waals surface area contributed by atoms with Gasteiger partial charge in [-0.2, -0.15) is 0 Å². The molecule has 0 aromatic carbocycles. The molecule has 1 aliphatic rings. The number of carbonyl (C=O) groups is 1. The summed E-state index contributed by atoms with van der Waals surface area (Å²) in [6, 6.07) is 3.98. The Kier molecular flexibility index (Phi) is 3.48. The Labute approximate surface area is 109 Å². The first kappa shape index (κ1) is 13.1. The van der Waals surface area contributed by atoms with E-state index in [4.69, 9.17) is 5.73 Å². The molecule has 0 radical (unpaired) electrons. The summed E-state index contributed by atoms with van der Waals surface area (Å²) in [5.74, 6) is 0.470. The fraction of sp³-hybridized carbons (Fsp3) is 0.643. The summed E-state index contributed by atoms with van der Waals surface area (Å²) in [5, 5.41) is 0. The molecule has 4 heteroatoms. The maximum atomic E-state index is 12.4. The maximum Gasteiger partial charge on any atom is 0.258 e. The maximum absolute atomic E-state index is 12.4. The number of nitrogens with two attached hydrogens (primary N) is 1. The summed E-state index contributed by atoms with van der Waals surface area (Å²) < 4.78 is 1.82. The zero-order chi connectivity index (χ0) is 13.3. The van der Waals surface area contributed by atoms with Crippen LogP contribution in [0.5, 0.6) is 0 Å². The highest BCUT2D eigenvalue weighted by Gasteiger charge is 2.38. The molecule has 0 aliphatic heterocycles. The molecular weight excluding hydrogens is 226 g/mol. The van der Waals surface area contributed by atoms with Crippen LogP contribution in [0.15, 0.2) is 12.1 Å². The molecule has 0 bridgehead atoms. The molecule has 0 spiro atoms. The van der Waals surface area contributed by atoms with Gasteiger partial charge in [-0.3, -0.25) is 14.9 Å². The highest BCUT2D eigenvalue weighted by molar-refractivity contribution is 5.92. The normalized spacial score (nSPS) is 28.1. The number of hydrogen-bond donors (Lipinski definition) is 2. The van der Waals surface area contributed by atoms with E-state index < -0.39 is 5.54 Å². The summed E-state index contributed by atoms with van der Waals surface area (Å²) in [4.78, 5) is 12.4. The van der Waals surface area contributed by atoms with E-state index in [1.165, 1.54) is 6.42 Å². The van der Waals surface area contributed by atoms with E-state index in [1.54, 1.807) is 0 Å². The van der Waals surface area contributed by atoms with Crippen LogP contribution < -0.4 is 11.2 Å². The molecule has 4 nitrogen and oxygen atoms in total. The third-order valence-electron chi connectivity index (χ3n) is 3.97. The minimum atomic E-state index is -0.708. The average molecular weight is 249 g/mol. The Morgan fingerprint density at radius 1 is 1.44 bits per heavy atom. The summed E-state index contributed by atoms with van der Waals surface area (Å²) in [6.45, 7) is 6.11. The van der Waals surface area contributed by atoms with Gasteiger partial charge in [-0.25, -0.2) is 0 Å². The SMILES string of the molecule is Cc1ccc(C)n1NC(=O)C1(N)CCCC(C)C1. The molecular formula is C14H23N3O. The van der Waals surface area contributed by atoms with Crippen molar-refractivity contribution < 1.29 is 4.79 Å². The van der Waals surface area contributed by atoms with Gasteiger partial charge in [0.15, 0.2) is 0 Å². The van der Waals surface area contributed by atoms with Gasteiger partial charge in [0.25, 0.3) is 5.91 Å². The van der Waals surface area contributed by atoms with E-state index in [-0.39, 0.29) is 5.91 Å². The van der Waals surface area contributed by atoms with Gasteiger partial charge in [0.05, 0.1) is 5.54 Å². The average Bonchev–Trinajstić information content (AvgIpc) is 2.60. The lowest BCUT2D eigenvalue weighted by molar-refractivity contribution is -0.123. The van der Waals surface area contributed by atoms with Crippen LogP contribution in [0.25, 0.3) is 0 Å². The molecule has 3 N–H and O–H groups in total. The number of amides is 1. The first-order valence-electron chi connectivity index (χ1n) is 6.68. The molecule has 1 amide bonds. The summed E-state index contributed by atoms with van der Waals surface area (Å²) >= 11 is 0. The van der Waals surface area contributed by atoms with Gasteiger partial charge < -0.3 is 5.73 Å². The van der Waals surface area contributed by atoms with Crippen LogP contribution in [-0.2, 0) is 4.79 Å². The molecule has 2 unspecified atom stereocenters. The van der Waals surface area contributed by atoms with Crippen molar-refractivity contribution in [3.05, 3.63) is 23.5 Å². The highest BCUT2D eigenvalue weighted by atomic mass is 16.2. The van der Waals surface area contributed by atoms with Gasteiger partial charge in [0, 0.05) is 11.4 Å². The van der Waals surface area contributed by atoms with E-state index >= 15 is 0 Å². The molecule has 2 rings (SSSR count). The van der Waals surface area contributed by atoms with Crippen molar-refractivity contribution in [2.45, 2.75) is 52.0 Å². The van der Waals surface area contributed by atoms with Crippen LogP contribution in [0.4, 0.5) is 0 Å². The van der Waals surface area contributed by atoms with Crippen LogP contribution in [0.1, 0.15) is 44.0 Å². The molecule has 2 atom stereocenters. The second-order valence-electron chi connectivity index (χ2n) is 5.75. The monoisotopic (exact) mass is 249 g/mol. The van der Waals surface area contributed by atoms with E-state index in [1.807, 2.05) is 30.7 Å². The summed E-state index contributed by atoms with van der Waals surface area (Å²) in [6.07, 6.45) is 3.77. The third-order valence-corrected chi connectivity index (χ3v) is 3.97. The van der Waals surface area contributed by atoms with E-state index in [9.17, 15) is 4.79 Å². The van der Waals surface area contributed by atoms with E-state index in [0.717, 1.165) is 30.7 Å². The second kappa shape index (κ2) is 4.76. The van der Waals surface area contributed by atoms with Gasteiger partial charge in [-0.1, -0.05) is 19.8 Å².